The van der Waals surface area contributed by atoms with Crippen molar-refractivity contribution < 1.29 is 24.5 Å². The SMILES string of the molecule is COc1cc(/C=C/CO)cc(OCC(=O)[O-])c1. The highest BCUT2D eigenvalue weighted by Gasteiger charge is 2.00. The number of carboxylic acids is 1. The van der Waals surface area contributed by atoms with Crippen molar-refractivity contribution in [1.29, 1.82) is 0 Å². The number of hydrogen-bond acceptors (Lipinski definition) is 5. The first-order chi connectivity index (χ1) is 8.15. The predicted octanol–water partition coefficient (Wildman–Crippen LogP) is -0.171. The van der Waals surface area contributed by atoms with Crippen LogP contribution in [-0.4, -0.2) is 31.4 Å². The van der Waals surface area contributed by atoms with Crippen molar-refractivity contribution in [2.45, 2.75) is 0 Å². The number of rotatable bonds is 6. The molecule has 0 spiro atoms. The molecule has 0 saturated heterocycles. The van der Waals surface area contributed by atoms with E-state index >= 15 is 0 Å². The van der Waals surface area contributed by atoms with Gasteiger partial charge in [0.1, 0.15) is 18.1 Å². The highest BCUT2D eigenvalue weighted by atomic mass is 16.5. The van der Waals surface area contributed by atoms with Gasteiger partial charge in [0, 0.05) is 6.07 Å². The zero-order valence-corrected chi connectivity index (χ0v) is 9.38. The number of carboxylic acid groups (broad SMARTS) is 1. The molecule has 1 N–H and O–H groups in total. The summed E-state index contributed by atoms with van der Waals surface area (Å²) in [5.41, 5.74) is 0.742. The van der Waals surface area contributed by atoms with Crippen LogP contribution in [0.4, 0.5) is 0 Å². The van der Waals surface area contributed by atoms with E-state index in [-0.39, 0.29) is 6.61 Å². The summed E-state index contributed by atoms with van der Waals surface area (Å²) in [5, 5.41) is 18.9. The third-order valence-corrected chi connectivity index (χ3v) is 1.91. The molecule has 92 valence electrons. The van der Waals surface area contributed by atoms with Crippen LogP contribution >= 0.6 is 0 Å². The number of aliphatic hydroxyl groups is 1. The lowest BCUT2D eigenvalue weighted by molar-refractivity contribution is -0.307. The van der Waals surface area contributed by atoms with E-state index in [9.17, 15) is 9.90 Å². The molecule has 0 aliphatic heterocycles. The van der Waals surface area contributed by atoms with Crippen LogP contribution < -0.4 is 14.6 Å². The second-order valence-corrected chi connectivity index (χ2v) is 3.19. The van der Waals surface area contributed by atoms with Crippen molar-refractivity contribution in [3.63, 3.8) is 0 Å². The summed E-state index contributed by atoms with van der Waals surface area (Å²) in [7, 11) is 1.50. The number of ether oxygens (including phenoxy) is 2. The summed E-state index contributed by atoms with van der Waals surface area (Å²) in [6.45, 7) is -0.594. The molecule has 0 aromatic heterocycles. The lowest BCUT2D eigenvalue weighted by Gasteiger charge is -2.09. The fourth-order valence-corrected chi connectivity index (χ4v) is 1.22. The van der Waals surface area contributed by atoms with Crippen molar-refractivity contribution in [3.8, 4) is 11.5 Å². The molecule has 17 heavy (non-hydrogen) atoms. The maximum absolute atomic E-state index is 10.3. The second kappa shape index (κ2) is 6.55. The van der Waals surface area contributed by atoms with E-state index < -0.39 is 12.6 Å². The monoisotopic (exact) mass is 237 g/mol. The van der Waals surface area contributed by atoms with Crippen molar-refractivity contribution in [3.05, 3.63) is 29.8 Å². The molecule has 0 saturated carbocycles. The maximum atomic E-state index is 10.3. The minimum Gasteiger partial charge on any atom is -0.546 e. The Bertz CT molecular complexity index is 411. The molecule has 1 aromatic carbocycles. The van der Waals surface area contributed by atoms with Crippen LogP contribution in [0.2, 0.25) is 0 Å². The maximum Gasteiger partial charge on any atom is 0.128 e. The zero-order chi connectivity index (χ0) is 12.7. The average Bonchev–Trinajstić information content (AvgIpc) is 2.33. The fourth-order valence-electron chi connectivity index (χ4n) is 1.22. The normalized spacial score (nSPS) is 10.5. The Morgan fingerprint density at radius 2 is 2.12 bits per heavy atom. The highest BCUT2D eigenvalue weighted by molar-refractivity contribution is 5.66. The van der Waals surface area contributed by atoms with Crippen LogP contribution in [-0.2, 0) is 4.79 Å². The second-order valence-electron chi connectivity index (χ2n) is 3.19. The molecule has 5 heteroatoms. The van der Waals surface area contributed by atoms with Crippen molar-refractivity contribution >= 4 is 12.0 Å². The third kappa shape index (κ3) is 4.56. The average molecular weight is 237 g/mol. The standard InChI is InChI=1S/C12H14O5/c1-16-10-5-9(3-2-4-13)6-11(7-10)17-8-12(14)15/h2-3,5-7,13H,4,8H2,1H3,(H,14,15)/p-1/b3-2+. The molecule has 0 fully saturated rings. The smallest absolute Gasteiger partial charge is 0.128 e. The van der Waals surface area contributed by atoms with Crippen LogP contribution in [0.1, 0.15) is 5.56 Å². The highest BCUT2D eigenvalue weighted by Crippen LogP contribution is 2.23. The van der Waals surface area contributed by atoms with Gasteiger partial charge in [-0.05, 0) is 17.7 Å². The molecule has 0 radical (unpaired) electrons. The van der Waals surface area contributed by atoms with Gasteiger partial charge in [-0.3, -0.25) is 0 Å². The minimum absolute atomic E-state index is 0.0769. The van der Waals surface area contributed by atoms with Gasteiger partial charge in [0.2, 0.25) is 0 Å². The molecule has 0 aliphatic rings. The Morgan fingerprint density at radius 1 is 1.41 bits per heavy atom. The summed E-state index contributed by atoms with van der Waals surface area (Å²) < 4.78 is 10.0. The topological polar surface area (TPSA) is 78.8 Å². The van der Waals surface area contributed by atoms with Crippen molar-refractivity contribution in [2.24, 2.45) is 0 Å². The van der Waals surface area contributed by atoms with E-state index in [4.69, 9.17) is 14.6 Å². The van der Waals surface area contributed by atoms with Gasteiger partial charge in [-0.1, -0.05) is 12.2 Å². The van der Waals surface area contributed by atoms with Crippen LogP contribution in [0.15, 0.2) is 24.3 Å². The molecule has 0 bridgehead atoms. The molecule has 5 nitrogen and oxygen atoms in total. The lowest BCUT2D eigenvalue weighted by atomic mass is 10.2. The van der Waals surface area contributed by atoms with E-state index in [1.54, 1.807) is 30.4 Å². The zero-order valence-electron chi connectivity index (χ0n) is 9.38. The summed E-state index contributed by atoms with van der Waals surface area (Å²) in [6.07, 6.45) is 3.23. The van der Waals surface area contributed by atoms with Crippen LogP contribution in [0, 0.1) is 0 Å². The van der Waals surface area contributed by atoms with E-state index in [1.807, 2.05) is 0 Å². The number of methoxy groups -OCH3 is 1. The Kier molecular flexibility index (Phi) is 5.03. The van der Waals surface area contributed by atoms with E-state index in [1.165, 1.54) is 7.11 Å². The van der Waals surface area contributed by atoms with Crippen LogP contribution in [0.5, 0.6) is 11.5 Å². The lowest BCUT2D eigenvalue weighted by Crippen LogP contribution is -2.28. The number of aliphatic hydroxyl groups excluding tert-OH is 1. The number of carbonyl (C=O) groups is 1. The molecule has 1 rings (SSSR count). The number of aliphatic carboxylic acids is 1. The first kappa shape index (κ1) is 13.1. The van der Waals surface area contributed by atoms with Gasteiger partial charge >= 0.3 is 0 Å². The van der Waals surface area contributed by atoms with Gasteiger partial charge in [0.25, 0.3) is 0 Å². The molecule has 1 aromatic rings. The summed E-state index contributed by atoms with van der Waals surface area (Å²) in [5.74, 6) is -0.384. The Morgan fingerprint density at radius 3 is 2.71 bits per heavy atom. The van der Waals surface area contributed by atoms with Gasteiger partial charge in [0.05, 0.1) is 19.7 Å². The first-order valence-corrected chi connectivity index (χ1v) is 4.95. The van der Waals surface area contributed by atoms with Gasteiger partial charge < -0.3 is 24.5 Å². The van der Waals surface area contributed by atoms with E-state index in [2.05, 4.69) is 0 Å². The predicted molar refractivity (Wildman–Crippen MR) is 59.6 cm³/mol. The van der Waals surface area contributed by atoms with Gasteiger partial charge in [-0.2, -0.15) is 0 Å². The molecule has 0 unspecified atom stereocenters. The summed E-state index contributed by atoms with van der Waals surface area (Å²) in [6, 6.07) is 4.94. The minimum atomic E-state index is -1.29. The van der Waals surface area contributed by atoms with Gasteiger partial charge in [-0.25, -0.2) is 0 Å². The Hall–Kier alpha value is -2.01. The van der Waals surface area contributed by atoms with E-state index in [0.717, 1.165) is 5.56 Å². The van der Waals surface area contributed by atoms with Crippen molar-refractivity contribution in [2.75, 3.05) is 20.3 Å². The molecule has 0 amide bonds. The molecule has 0 atom stereocenters. The first-order valence-electron chi connectivity index (χ1n) is 4.95. The number of hydrogen-bond donors (Lipinski definition) is 1. The number of benzene rings is 1. The molecular formula is C12H13O5-. The van der Waals surface area contributed by atoms with Crippen LogP contribution in [0.25, 0.3) is 6.08 Å². The summed E-state index contributed by atoms with van der Waals surface area (Å²) in [4.78, 5) is 10.3. The molecule has 0 heterocycles. The van der Waals surface area contributed by atoms with Crippen LogP contribution in [0.3, 0.4) is 0 Å². The largest absolute Gasteiger partial charge is 0.546 e. The van der Waals surface area contributed by atoms with E-state index in [0.29, 0.717) is 11.5 Å². The fraction of sp³-hybridized carbons (Fsp3) is 0.250. The van der Waals surface area contributed by atoms with Gasteiger partial charge in [0.15, 0.2) is 0 Å². The Labute approximate surface area is 98.9 Å². The number of carbonyl (C=O) groups excluding carboxylic acids is 1. The quantitative estimate of drug-likeness (QED) is 0.743. The summed E-state index contributed by atoms with van der Waals surface area (Å²) >= 11 is 0. The van der Waals surface area contributed by atoms with Crippen molar-refractivity contribution in [1.82, 2.24) is 0 Å². The molecule has 0 aliphatic carbocycles. The Balaban J connectivity index is 2.88. The van der Waals surface area contributed by atoms with Gasteiger partial charge in [-0.15, -0.1) is 0 Å². The molecular weight excluding hydrogens is 224 g/mol. The third-order valence-electron chi connectivity index (χ3n) is 1.91.